The van der Waals surface area contributed by atoms with Crippen molar-refractivity contribution in [2.75, 3.05) is 6.26 Å². The summed E-state index contributed by atoms with van der Waals surface area (Å²) in [6.07, 6.45) is 3.42. The molecule has 0 nitrogen and oxygen atoms in total. The molecule has 0 aliphatic rings. The maximum absolute atomic E-state index is 2.33. The van der Waals surface area contributed by atoms with Gasteiger partial charge < -0.3 is 0 Å². The number of hydrogen-bond acceptors (Lipinski definition) is 1. The van der Waals surface area contributed by atoms with Gasteiger partial charge in [-0.1, -0.05) is 39.8 Å². The van der Waals surface area contributed by atoms with Gasteiger partial charge in [-0.05, 0) is 48.1 Å². The van der Waals surface area contributed by atoms with Gasteiger partial charge in [-0.2, -0.15) is 0 Å². The van der Waals surface area contributed by atoms with Crippen LogP contribution >= 0.6 is 11.8 Å². The van der Waals surface area contributed by atoms with Gasteiger partial charge in [0.25, 0.3) is 0 Å². The van der Waals surface area contributed by atoms with E-state index in [1.165, 1.54) is 16.9 Å². The van der Waals surface area contributed by atoms with Crippen molar-refractivity contribution in [2.24, 2.45) is 11.8 Å². The van der Waals surface area contributed by atoms with E-state index in [0.717, 1.165) is 11.8 Å². The van der Waals surface area contributed by atoms with E-state index in [1.54, 1.807) is 0 Å². The topological polar surface area (TPSA) is 0 Å². The number of thioether (sulfide) groups is 1. The van der Waals surface area contributed by atoms with Gasteiger partial charge in [-0.25, -0.2) is 0 Å². The Balaban J connectivity index is 2.84. The van der Waals surface area contributed by atoms with Crippen LogP contribution in [0.15, 0.2) is 29.2 Å². The van der Waals surface area contributed by atoms with Crippen LogP contribution in [0.25, 0.3) is 0 Å². The van der Waals surface area contributed by atoms with E-state index in [2.05, 4.69) is 58.2 Å². The molecule has 0 amide bonds. The molecule has 1 atom stereocenters. The second-order valence-electron chi connectivity index (χ2n) is 5.25. The maximum Gasteiger partial charge on any atom is 0.00693 e. The fraction of sp³-hybridized carbons (Fsp3) is 0.600. The van der Waals surface area contributed by atoms with Crippen LogP contribution < -0.4 is 0 Å². The summed E-state index contributed by atoms with van der Waals surface area (Å²) in [5.41, 5.74) is 1.50. The molecule has 1 aromatic rings. The molecular weight excluding hydrogens is 212 g/mol. The molecular formula is C15H24S. The molecule has 1 aromatic carbocycles. The molecule has 1 rings (SSSR count). The Hall–Kier alpha value is -0.430. The largest absolute Gasteiger partial charge is 0.130 e. The summed E-state index contributed by atoms with van der Waals surface area (Å²) in [6, 6.07) is 9.10. The molecule has 0 saturated carbocycles. The highest BCUT2D eigenvalue weighted by Crippen LogP contribution is 2.31. The Morgan fingerprint density at radius 1 is 1.00 bits per heavy atom. The summed E-state index contributed by atoms with van der Waals surface area (Å²) in [6.45, 7) is 9.28. The average Bonchev–Trinajstić information content (AvgIpc) is 2.25. The molecule has 0 aromatic heterocycles. The molecule has 0 aliphatic heterocycles. The van der Waals surface area contributed by atoms with Gasteiger partial charge in [0, 0.05) is 4.90 Å². The lowest BCUT2D eigenvalue weighted by Gasteiger charge is -2.23. The molecule has 0 fully saturated rings. The van der Waals surface area contributed by atoms with Crippen LogP contribution in [0.1, 0.15) is 45.6 Å². The summed E-state index contributed by atoms with van der Waals surface area (Å²) in [5.74, 6) is 2.20. The average molecular weight is 236 g/mol. The van der Waals surface area contributed by atoms with Crippen molar-refractivity contribution in [3.8, 4) is 0 Å². The molecule has 0 radical (unpaired) electrons. The maximum atomic E-state index is 2.33. The van der Waals surface area contributed by atoms with E-state index in [-0.39, 0.29) is 0 Å². The molecule has 1 heteroatoms. The lowest BCUT2D eigenvalue weighted by atomic mass is 9.82. The van der Waals surface area contributed by atoms with Crippen LogP contribution in [0.4, 0.5) is 0 Å². The van der Waals surface area contributed by atoms with Crippen molar-refractivity contribution in [3.05, 3.63) is 29.8 Å². The Morgan fingerprint density at radius 3 is 1.94 bits per heavy atom. The Kier molecular flexibility index (Phi) is 5.40. The van der Waals surface area contributed by atoms with Crippen LogP contribution in [-0.4, -0.2) is 6.26 Å². The summed E-state index contributed by atoms with van der Waals surface area (Å²) in [5, 5.41) is 0. The molecule has 0 spiro atoms. The van der Waals surface area contributed by atoms with Crippen molar-refractivity contribution in [3.63, 3.8) is 0 Å². The van der Waals surface area contributed by atoms with E-state index in [9.17, 15) is 0 Å². The van der Waals surface area contributed by atoms with Gasteiger partial charge in [0.15, 0.2) is 0 Å². The standard InChI is InChI=1S/C15H24S/c1-11(2)10-15(12(3)4)13-6-8-14(16-5)9-7-13/h6-9,11-12,15H,10H2,1-5H3. The first-order valence-corrected chi connectivity index (χ1v) is 7.41. The van der Waals surface area contributed by atoms with E-state index in [1.807, 2.05) is 11.8 Å². The van der Waals surface area contributed by atoms with Gasteiger partial charge in [0.05, 0.1) is 0 Å². The molecule has 1 unspecified atom stereocenters. The minimum absolute atomic E-state index is 0.705. The molecule has 0 heterocycles. The Morgan fingerprint density at radius 2 is 1.56 bits per heavy atom. The highest BCUT2D eigenvalue weighted by atomic mass is 32.2. The normalized spacial score (nSPS) is 13.4. The zero-order valence-electron chi connectivity index (χ0n) is 11.2. The molecule has 90 valence electrons. The van der Waals surface area contributed by atoms with E-state index >= 15 is 0 Å². The molecule has 16 heavy (non-hydrogen) atoms. The Labute approximate surface area is 105 Å². The van der Waals surface area contributed by atoms with Crippen molar-refractivity contribution < 1.29 is 0 Å². The number of hydrogen-bond donors (Lipinski definition) is 0. The fourth-order valence-electron chi connectivity index (χ4n) is 2.15. The summed E-state index contributed by atoms with van der Waals surface area (Å²) in [7, 11) is 0. The smallest absolute Gasteiger partial charge is 0.00693 e. The minimum Gasteiger partial charge on any atom is -0.130 e. The van der Waals surface area contributed by atoms with Crippen molar-refractivity contribution >= 4 is 11.8 Å². The third-order valence-corrected chi connectivity index (χ3v) is 3.82. The third-order valence-electron chi connectivity index (χ3n) is 3.07. The van der Waals surface area contributed by atoms with Crippen molar-refractivity contribution in [1.82, 2.24) is 0 Å². The predicted octanol–water partition coefficient (Wildman–Crippen LogP) is 5.19. The summed E-state index contributed by atoms with van der Waals surface area (Å²) in [4.78, 5) is 1.36. The first-order chi connectivity index (χ1) is 7.54. The van der Waals surface area contributed by atoms with Gasteiger partial charge in [-0.3, -0.25) is 0 Å². The first kappa shape index (κ1) is 13.6. The SMILES string of the molecule is CSc1ccc(C(CC(C)C)C(C)C)cc1. The van der Waals surface area contributed by atoms with Crippen LogP contribution in [0.5, 0.6) is 0 Å². The fourth-order valence-corrected chi connectivity index (χ4v) is 2.56. The van der Waals surface area contributed by atoms with E-state index in [4.69, 9.17) is 0 Å². The monoisotopic (exact) mass is 236 g/mol. The predicted molar refractivity (Wildman–Crippen MR) is 75.3 cm³/mol. The Bertz CT molecular complexity index is 298. The van der Waals surface area contributed by atoms with Crippen LogP contribution in [0.3, 0.4) is 0 Å². The zero-order valence-corrected chi connectivity index (χ0v) is 12.0. The van der Waals surface area contributed by atoms with Crippen LogP contribution in [0.2, 0.25) is 0 Å². The third kappa shape index (κ3) is 3.86. The summed E-state index contributed by atoms with van der Waals surface area (Å²) < 4.78 is 0. The summed E-state index contributed by atoms with van der Waals surface area (Å²) >= 11 is 1.81. The van der Waals surface area contributed by atoms with Gasteiger partial charge >= 0.3 is 0 Å². The van der Waals surface area contributed by atoms with E-state index < -0.39 is 0 Å². The second kappa shape index (κ2) is 6.34. The molecule has 0 aliphatic carbocycles. The lowest BCUT2D eigenvalue weighted by molar-refractivity contribution is 0.408. The molecule has 0 saturated heterocycles. The van der Waals surface area contributed by atoms with E-state index in [0.29, 0.717) is 5.92 Å². The number of benzene rings is 1. The van der Waals surface area contributed by atoms with Gasteiger partial charge in [-0.15, -0.1) is 11.8 Å². The minimum atomic E-state index is 0.705. The zero-order chi connectivity index (χ0) is 12.1. The quantitative estimate of drug-likeness (QED) is 0.634. The van der Waals surface area contributed by atoms with Crippen LogP contribution in [0, 0.1) is 11.8 Å². The molecule has 0 N–H and O–H groups in total. The lowest BCUT2D eigenvalue weighted by Crippen LogP contribution is -2.09. The van der Waals surface area contributed by atoms with Crippen molar-refractivity contribution in [2.45, 2.75) is 44.9 Å². The van der Waals surface area contributed by atoms with Gasteiger partial charge in [0.2, 0.25) is 0 Å². The van der Waals surface area contributed by atoms with Crippen LogP contribution in [-0.2, 0) is 0 Å². The second-order valence-corrected chi connectivity index (χ2v) is 6.13. The van der Waals surface area contributed by atoms with Crippen molar-refractivity contribution in [1.29, 1.82) is 0 Å². The first-order valence-electron chi connectivity index (χ1n) is 6.18. The molecule has 0 bridgehead atoms. The highest BCUT2D eigenvalue weighted by Gasteiger charge is 2.16. The van der Waals surface area contributed by atoms with Gasteiger partial charge in [0.1, 0.15) is 0 Å². The highest BCUT2D eigenvalue weighted by molar-refractivity contribution is 7.98. The number of rotatable bonds is 5.